The number of hydrogen-bond acceptors (Lipinski definition) is 4. The number of nitro groups is 1. The van der Waals surface area contributed by atoms with Crippen molar-refractivity contribution in [2.45, 2.75) is 13.0 Å². The highest BCUT2D eigenvalue weighted by molar-refractivity contribution is 6.30. The Morgan fingerprint density at radius 1 is 1.42 bits per heavy atom. The van der Waals surface area contributed by atoms with Crippen molar-refractivity contribution in [2.75, 3.05) is 0 Å². The van der Waals surface area contributed by atoms with Crippen LogP contribution in [0.5, 0.6) is 0 Å². The van der Waals surface area contributed by atoms with E-state index in [1.54, 1.807) is 31.2 Å². The Morgan fingerprint density at radius 2 is 2.05 bits per heavy atom. The monoisotopic (exact) mass is 279 g/mol. The summed E-state index contributed by atoms with van der Waals surface area (Å²) < 4.78 is 1.41. The second-order valence-electron chi connectivity index (χ2n) is 3.98. The smallest absolute Gasteiger partial charge is 0.358 e. The Bertz CT molecular complexity index is 621. The number of Topliss-reactive ketones (excluding diaryl/α,β-unsaturated/α-hetero) is 1. The summed E-state index contributed by atoms with van der Waals surface area (Å²) in [4.78, 5) is 25.7. The molecule has 6 nitrogen and oxygen atoms in total. The lowest BCUT2D eigenvalue weighted by atomic mass is 10.1. The number of carbonyl (C=O) groups excluding carboxylic acids is 1. The number of hydrogen-bond donors (Lipinski definition) is 0. The van der Waals surface area contributed by atoms with Crippen molar-refractivity contribution in [3.63, 3.8) is 0 Å². The fourth-order valence-electron chi connectivity index (χ4n) is 1.62. The molecule has 2 rings (SSSR count). The van der Waals surface area contributed by atoms with E-state index in [0.29, 0.717) is 10.6 Å². The zero-order valence-corrected chi connectivity index (χ0v) is 10.7. The number of ketones is 1. The minimum atomic E-state index is -0.601. The van der Waals surface area contributed by atoms with Gasteiger partial charge >= 0.3 is 5.82 Å². The molecule has 0 aliphatic carbocycles. The predicted octanol–water partition coefficient (Wildman–Crippen LogP) is 2.89. The van der Waals surface area contributed by atoms with Gasteiger partial charge in [-0.25, -0.2) is 0 Å². The third-order valence-electron chi connectivity index (χ3n) is 2.73. The maximum Gasteiger partial charge on any atom is 0.381 e. The van der Waals surface area contributed by atoms with Crippen LogP contribution in [0.25, 0.3) is 0 Å². The summed E-state index contributed by atoms with van der Waals surface area (Å²) in [7, 11) is 0. The Labute approximate surface area is 113 Å². The second-order valence-corrected chi connectivity index (χ2v) is 4.42. The number of imidazole rings is 1. The number of halogens is 1. The number of rotatable bonds is 4. The third kappa shape index (κ3) is 2.79. The van der Waals surface area contributed by atoms with Crippen LogP contribution in [0.15, 0.2) is 36.8 Å². The minimum Gasteiger partial charge on any atom is -0.358 e. The summed E-state index contributed by atoms with van der Waals surface area (Å²) in [6.07, 6.45) is 2.51. The fraction of sp³-hybridized carbons (Fsp3) is 0.167. The lowest BCUT2D eigenvalue weighted by molar-refractivity contribution is -0.389. The normalized spacial score (nSPS) is 12.1. The largest absolute Gasteiger partial charge is 0.381 e. The Kier molecular flexibility index (Phi) is 3.62. The molecule has 0 aliphatic rings. The van der Waals surface area contributed by atoms with Gasteiger partial charge in [0.2, 0.25) is 6.33 Å². The Balaban J connectivity index is 2.22. The van der Waals surface area contributed by atoms with Crippen LogP contribution in [0.3, 0.4) is 0 Å². The van der Waals surface area contributed by atoms with Crippen molar-refractivity contribution < 1.29 is 9.72 Å². The van der Waals surface area contributed by atoms with E-state index in [9.17, 15) is 14.9 Å². The molecule has 0 bridgehead atoms. The maximum atomic E-state index is 12.2. The lowest BCUT2D eigenvalue weighted by Crippen LogP contribution is -2.15. The molecule has 0 spiro atoms. The standard InChI is InChI=1S/C12H10ClN3O3/c1-8(15-6-11(14-7-15)16(18)19)12(17)9-2-4-10(13)5-3-9/h2-8H,1H3. The predicted molar refractivity (Wildman–Crippen MR) is 69.4 cm³/mol. The van der Waals surface area contributed by atoms with Crippen LogP contribution in [0.1, 0.15) is 23.3 Å². The zero-order chi connectivity index (χ0) is 14.0. The van der Waals surface area contributed by atoms with Gasteiger partial charge in [-0.3, -0.25) is 9.36 Å². The first-order valence-electron chi connectivity index (χ1n) is 5.46. The number of carbonyl (C=O) groups is 1. The maximum absolute atomic E-state index is 12.2. The van der Waals surface area contributed by atoms with E-state index in [-0.39, 0.29) is 11.6 Å². The lowest BCUT2D eigenvalue weighted by Gasteiger charge is -2.10. The summed E-state index contributed by atoms with van der Waals surface area (Å²) in [6, 6.07) is 5.91. The summed E-state index contributed by atoms with van der Waals surface area (Å²) >= 11 is 5.75. The van der Waals surface area contributed by atoms with Gasteiger partial charge in [0.15, 0.2) is 5.78 Å². The molecular weight excluding hydrogens is 270 g/mol. The van der Waals surface area contributed by atoms with Crippen LogP contribution in [-0.2, 0) is 0 Å². The molecule has 98 valence electrons. The third-order valence-corrected chi connectivity index (χ3v) is 2.98. The number of benzene rings is 1. The first kappa shape index (κ1) is 13.2. The molecule has 0 amide bonds. The first-order chi connectivity index (χ1) is 8.99. The zero-order valence-electron chi connectivity index (χ0n) is 9.99. The molecule has 0 radical (unpaired) electrons. The molecule has 1 aromatic heterocycles. The van der Waals surface area contributed by atoms with Crippen LogP contribution in [-0.4, -0.2) is 20.3 Å². The molecule has 0 fully saturated rings. The van der Waals surface area contributed by atoms with E-state index in [2.05, 4.69) is 4.98 Å². The number of aromatic nitrogens is 2. The van der Waals surface area contributed by atoms with Gasteiger partial charge in [-0.2, -0.15) is 0 Å². The molecule has 0 saturated carbocycles. The summed E-state index contributed by atoms with van der Waals surface area (Å²) in [5.74, 6) is -0.445. The molecule has 0 aliphatic heterocycles. The molecule has 7 heteroatoms. The summed E-state index contributed by atoms with van der Waals surface area (Å²) in [5, 5.41) is 11.1. The Hall–Kier alpha value is -2.21. The van der Waals surface area contributed by atoms with Gasteiger partial charge in [-0.05, 0) is 41.1 Å². The Morgan fingerprint density at radius 3 is 2.58 bits per heavy atom. The van der Waals surface area contributed by atoms with Crippen LogP contribution < -0.4 is 0 Å². The van der Waals surface area contributed by atoms with Crippen molar-refractivity contribution in [3.05, 3.63) is 57.5 Å². The highest BCUT2D eigenvalue weighted by atomic mass is 35.5. The highest BCUT2D eigenvalue weighted by Gasteiger charge is 2.20. The fourth-order valence-corrected chi connectivity index (χ4v) is 1.75. The van der Waals surface area contributed by atoms with E-state index in [4.69, 9.17) is 11.6 Å². The van der Waals surface area contributed by atoms with Crippen LogP contribution >= 0.6 is 11.6 Å². The van der Waals surface area contributed by atoms with Gasteiger partial charge in [0, 0.05) is 10.6 Å². The van der Waals surface area contributed by atoms with Gasteiger partial charge in [0.1, 0.15) is 6.20 Å². The minimum absolute atomic E-state index is 0.163. The van der Waals surface area contributed by atoms with Crippen molar-refractivity contribution in [2.24, 2.45) is 0 Å². The molecule has 1 aromatic carbocycles. The van der Waals surface area contributed by atoms with Crippen molar-refractivity contribution in [1.82, 2.24) is 9.55 Å². The van der Waals surface area contributed by atoms with E-state index in [1.807, 2.05) is 0 Å². The van der Waals surface area contributed by atoms with E-state index >= 15 is 0 Å². The van der Waals surface area contributed by atoms with Crippen LogP contribution in [0.2, 0.25) is 5.02 Å². The van der Waals surface area contributed by atoms with Crippen molar-refractivity contribution in [1.29, 1.82) is 0 Å². The van der Waals surface area contributed by atoms with Crippen LogP contribution in [0, 0.1) is 10.1 Å². The highest BCUT2D eigenvalue weighted by Crippen LogP contribution is 2.18. The van der Waals surface area contributed by atoms with Gasteiger partial charge in [-0.1, -0.05) is 11.6 Å². The average molecular weight is 280 g/mol. The molecule has 19 heavy (non-hydrogen) atoms. The second kappa shape index (κ2) is 5.19. The SMILES string of the molecule is CC(C(=O)c1ccc(Cl)cc1)n1cnc([N+](=O)[O-])c1. The van der Waals surface area contributed by atoms with Gasteiger partial charge in [0.25, 0.3) is 0 Å². The molecular formula is C12H10ClN3O3. The summed E-state index contributed by atoms with van der Waals surface area (Å²) in [6.45, 7) is 1.66. The van der Waals surface area contributed by atoms with Crippen molar-refractivity contribution in [3.8, 4) is 0 Å². The van der Waals surface area contributed by atoms with E-state index in [1.165, 1.54) is 17.1 Å². The quantitative estimate of drug-likeness (QED) is 0.490. The number of nitrogens with zero attached hydrogens (tertiary/aromatic N) is 3. The molecule has 0 N–H and O–H groups in total. The topological polar surface area (TPSA) is 78.0 Å². The molecule has 1 unspecified atom stereocenters. The molecule has 1 heterocycles. The van der Waals surface area contributed by atoms with E-state index in [0.717, 1.165) is 0 Å². The van der Waals surface area contributed by atoms with Gasteiger partial charge in [0.05, 0.1) is 6.04 Å². The average Bonchev–Trinajstić information content (AvgIpc) is 2.87. The van der Waals surface area contributed by atoms with Gasteiger partial charge in [-0.15, -0.1) is 0 Å². The van der Waals surface area contributed by atoms with Gasteiger partial charge < -0.3 is 10.1 Å². The van der Waals surface area contributed by atoms with Crippen LogP contribution in [0.4, 0.5) is 5.82 Å². The summed E-state index contributed by atoms with van der Waals surface area (Å²) in [5.41, 5.74) is 0.494. The molecule has 1 atom stereocenters. The van der Waals surface area contributed by atoms with Crippen molar-refractivity contribution >= 4 is 23.2 Å². The van der Waals surface area contributed by atoms with E-state index < -0.39 is 11.0 Å². The molecule has 0 saturated heterocycles. The first-order valence-corrected chi connectivity index (χ1v) is 5.84. The molecule has 2 aromatic rings.